The second-order valence-electron chi connectivity index (χ2n) is 5.92. The molecule has 1 fully saturated rings. The topological polar surface area (TPSA) is 144 Å². The van der Waals surface area contributed by atoms with Gasteiger partial charge in [-0.2, -0.15) is 5.06 Å². The fourth-order valence-electron chi connectivity index (χ4n) is 2.96. The summed E-state index contributed by atoms with van der Waals surface area (Å²) in [6, 6.07) is 4.88. The Morgan fingerprint density at radius 1 is 1.24 bits per heavy atom. The van der Waals surface area contributed by atoms with Crippen molar-refractivity contribution in [2.24, 2.45) is 5.73 Å². The van der Waals surface area contributed by atoms with Crippen molar-refractivity contribution in [1.29, 1.82) is 0 Å². The smallest absolute Gasteiger partial charge is 0.271 e. The second kappa shape index (κ2) is 7.49. The molecule has 2 amide bonds. The number of unbranched alkanes of at least 4 members (excludes halogenated alkanes) is 2. The van der Waals surface area contributed by atoms with Crippen LogP contribution in [-0.2, 0) is 19.8 Å². The largest absolute Gasteiger partial charge is 0.330 e. The van der Waals surface area contributed by atoms with E-state index in [4.69, 9.17) is 5.73 Å². The van der Waals surface area contributed by atoms with Gasteiger partial charge in [0.1, 0.15) is 5.41 Å². The van der Waals surface area contributed by atoms with Crippen LogP contribution in [0.2, 0.25) is 0 Å². The SMILES string of the molecule is NCCCCCC(=O)C1(c2ccc([N+](=O)[O-])cc2)CC(=O)N(O)C1=O. The summed E-state index contributed by atoms with van der Waals surface area (Å²) in [4.78, 5) is 47.2. The summed E-state index contributed by atoms with van der Waals surface area (Å²) in [6.07, 6.45) is 1.48. The van der Waals surface area contributed by atoms with E-state index in [1.165, 1.54) is 12.1 Å². The van der Waals surface area contributed by atoms with Gasteiger partial charge < -0.3 is 5.73 Å². The van der Waals surface area contributed by atoms with Crippen molar-refractivity contribution in [3.63, 3.8) is 0 Å². The van der Waals surface area contributed by atoms with Gasteiger partial charge in [0.25, 0.3) is 17.5 Å². The fraction of sp³-hybridized carbons (Fsp3) is 0.438. The number of hydrogen-bond acceptors (Lipinski definition) is 7. The van der Waals surface area contributed by atoms with Crippen molar-refractivity contribution in [2.45, 2.75) is 37.5 Å². The minimum absolute atomic E-state index is 0.0425. The Balaban J connectivity index is 2.36. The number of nitrogens with zero attached hydrogens (tertiary/aromatic N) is 2. The molecule has 1 aliphatic rings. The Morgan fingerprint density at radius 3 is 2.36 bits per heavy atom. The summed E-state index contributed by atoms with van der Waals surface area (Å²) in [6.45, 7) is 0.490. The number of benzene rings is 1. The predicted molar refractivity (Wildman–Crippen MR) is 85.6 cm³/mol. The average molecular weight is 349 g/mol. The average Bonchev–Trinajstić information content (AvgIpc) is 2.83. The van der Waals surface area contributed by atoms with E-state index in [0.29, 0.717) is 19.4 Å². The van der Waals surface area contributed by atoms with E-state index in [-0.39, 0.29) is 22.7 Å². The highest BCUT2D eigenvalue weighted by Crippen LogP contribution is 2.39. The number of Topliss-reactive ketones (excluding diaryl/α,β-unsaturated/α-hetero) is 1. The van der Waals surface area contributed by atoms with Crippen LogP contribution in [0.4, 0.5) is 5.69 Å². The van der Waals surface area contributed by atoms with Gasteiger partial charge in [0.15, 0.2) is 5.78 Å². The van der Waals surface area contributed by atoms with Gasteiger partial charge in [0, 0.05) is 18.6 Å². The molecule has 1 aliphatic heterocycles. The quantitative estimate of drug-likeness (QED) is 0.178. The number of nitro benzene ring substituents is 1. The molecule has 1 aromatic carbocycles. The zero-order valence-corrected chi connectivity index (χ0v) is 13.5. The molecule has 1 unspecified atom stereocenters. The van der Waals surface area contributed by atoms with E-state index < -0.39 is 34.4 Å². The van der Waals surface area contributed by atoms with Gasteiger partial charge in [-0.25, -0.2) is 0 Å². The number of ketones is 1. The molecule has 1 atom stereocenters. The van der Waals surface area contributed by atoms with Gasteiger partial charge in [-0.05, 0) is 24.9 Å². The molecule has 1 saturated heterocycles. The molecular formula is C16H19N3O6. The molecule has 0 aromatic heterocycles. The number of carbonyl (C=O) groups excluding carboxylic acids is 3. The van der Waals surface area contributed by atoms with Crippen LogP contribution in [0.25, 0.3) is 0 Å². The standard InChI is InChI=1S/C16H19N3O6/c17-9-3-1-2-4-13(20)16(10-14(21)18(23)15(16)22)11-5-7-12(8-6-11)19(24)25/h5-8,23H,1-4,9-10,17H2. The lowest BCUT2D eigenvalue weighted by atomic mass is 9.73. The van der Waals surface area contributed by atoms with Crippen molar-refractivity contribution < 1.29 is 24.5 Å². The second-order valence-corrected chi connectivity index (χ2v) is 5.92. The number of amides is 2. The highest BCUT2D eigenvalue weighted by Gasteiger charge is 2.57. The number of hydrogen-bond donors (Lipinski definition) is 2. The summed E-state index contributed by atoms with van der Waals surface area (Å²) in [7, 11) is 0. The lowest BCUT2D eigenvalue weighted by Gasteiger charge is -2.24. The first-order valence-electron chi connectivity index (χ1n) is 7.89. The van der Waals surface area contributed by atoms with Crippen molar-refractivity contribution in [2.75, 3.05) is 6.54 Å². The number of non-ortho nitro benzene ring substituents is 1. The monoisotopic (exact) mass is 349 g/mol. The van der Waals surface area contributed by atoms with Crippen LogP contribution in [0.1, 0.15) is 37.7 Å². The van der Waals surface area contributed by atoms with Crippen LogP contribution in [0.5, 0.6) is 0 Å². The van der Waals surface area contributed by atoms with Gasteiger partial charge in [-0.3, -0.25) is 29.7 Å². The molecule has 9 heteroatoms. The molecule has 0 spiro atoms. The molecule has 0 saturated carbocycles. The maximum atomic E-state index is 12.8. The number of rotatable bonds is 8. The molecule has 1 aromatic rings. The minimum Gasteiger partial charge on any atom is -0.330 e. The molecule has 2 rings (SSSR count). The van der Waals surface area contributed by atoms with E-state index in [2.05, 4.69) is 0 Å². The van der Waals surface area contributed by atoms with Crippen molar-refractivity contribution in [3.8, 4) is 0 Å². The first kappa shape index (κ1) is 18.7. The van der Waals surface area contributed by atoms with Gasteiger partial charge in [-0.1, -0.05) is 18.6 Å². The Bertz CT molecular complexity index is 702. The summed E-state index contributed by atoms with van der Waals surface area (Å²) < 4.78 is 0. The lowest BCUT2D eigenvalue weighted by molar-refractivity contribution is -0.384. The molecule has 134 valence electrons. The fourth-order valence-corrected chi connectivity index (χ4v) is 2.96. The Hall–Kier alpha value is -2.65. The molecule has 9 nitrogen and oxygen atoms in total. The summed E-state index contributed by atoms with van der Waals surface area (Å²) >= 11 is 0. The van der Waals surface area contributed by atoms with E-state index in [0.717, 1.165) is 18.6 Å². The Kier molecular flexibility index (Phi) is 5.60. The third-order valence-corrected chi connectivity index (χ3v) is 4.36. The molecule has 25 heavy (non-hydrogen) atoms. The molecule has 3 N–H and O–H groups in total. The van der Waals surface area contributed by atoms with Crippen LogP contribution in [0, 0.1) is 10.1 Å². The van der Waals surface area contributed by atoms with Gasteiger partial charge in [0.2, 0.25) is 0 Å². The Labute approximate surface area is 143 Å². The maximum absolute atomic E-state index is 12.8. The van der Waals surface area contributed by atoms with Crippen LogP contribution in [0.3, 0.4) is 0 Å². The maximum Gasteiger partial charge on any atom is 0.271 e. The predicted octanol–water partition coefficient (Wildman–Crippen LogP) is 1.07. The number of imide groups is 1. The van der Waals surface area contributed by atoms with Crippen molar-refractivity contribution in [1.82, 2.24) is 5.06 Å². The number of carbonyl (C=O) groups is 3. The zero-order chi connectivity index (χ0) is 18.6. The summed E-state index contributed by atoms with van der Waals surface area (Å²) in [5.41, 5.74) is 3.54. The van der Waals surface area contributed by atoms with Crippen LogP contribution in [0.15, 0.2) is 24.3 Å². The highest BCUT2D eigenvalue weighted by molar-refractivity contribution is 6.21. The normalized spacial score (nSPS) is 20.2. The van der Waals surface area contributed by atoms with Crippen LogP contribution in [-0.4, -0.2) is 39.3 Å². The third-order valence-electron chi connectivity index (χ3n) is 4.36. The van der Waals surface area contributed by atoms with E-state index in [1.54, 1.807) is 0 Å². The number of nitrogens with two attached hydrogens (primary N) is 1. The molecule has 0 aliphatic carbocycles. The van der Waals surface area contributed by atoms with Crippen LogP contribution >= 0.6 is 0 Å². The molecular weight excluding hydrogens is 330 g/mol. The minimum atomic E-state index is -1.83. The third kappa shape index (κ3) is 3.42. The first-order valence-corrected chi connectivity index (χ1v) is 7.89. The van der Waals surface area contributed by atoms with E-state index in [1.807, 2.05) is 0 Å². The highest BCUT2D eigenvalue weighted by atomic mass is 16.6. The van der Waals surface area contributed by atoms with Gasteiger partial charge in [0.05, 0.1) is 11.3 Å². The van der Waals surface area contributed by atoms with Crippen molar-refractivity contribution in [3.05, 3.63) is 39.9 Å². The molecule has 0 radical (unpaired) electrons. The van der Waals surface area contributed by atoms with Gasteiger partial charge >= 0.3 is 0 Å². The lowest BCUT2D eigenvalue weighted by Crippen LogP contribution is -2.43. The zero-order valence-electron chi connectivity index (χ0n) is 13.5. The van der Waals surface area contributed by atoms with Gasteiger partial charge in [-0.15, -0.1) is 0 Å². The number of nitro groups is 1. The number of hydroxylamine groups is 2. The van der Waals surface area contributed by atoms with E-state index in [9.17, 15) is 29.7 Å². The first-order chi connectivity index (χ1) is 11.8. The Morgan fingerprint density at radius 2 is 1.88 bits per heavy atom. The van der Waals surface area contributed by atoms with Crippen molar-refractivity contribution >= 4 is 23.3 Å². The summed E-state index contributed by atoms with van der Waals surface area (Å²) in [5, 5.41) is 20.4. The van der Waals surface area contributed by atoms with Crippen LogP contribution < -0.4 is 5.73 Å². The molecule has 1 heterocycles. The molecule has 0 bridgehead atoms. The van der Waals surface area contributed by atoms with E-state index >= 15 is 0 Å². The summed E-state index contributed by atoms with van der Waals surface area (Å²) in [5.74, 6) is -2.39.